The molecule has 1 spiro atoms. The minimum Gasteiger partial charge on any atom is -0.381 e. The van der Waals surface area contributed by atoms with Crippen LogP contribution in [0.4, 0.5) is 13.2 Å². The lowest BCUT2D eigenvalue weighted by Gasteiger charge is -2.60. The summed E-state index contributed by atoms with van der Waals surface area (Å²) in [5.41, 5.74) is 0.474. The van der Waals surface area contributed by atoms with Gasteiger partial charge in [-0.3, -0.25) is 4.98 Å². The van der Waals surface area contributed by atoms with Gasteiger partial charge < -0.3 is 9.64 Å². The third kappa shape index (κ3) is 3.93. The largest absolute Gasteiger partial charge is 0.433 e. The molecule has 0 atom stereocenters. The Labute approximate surface area is 167 Å². The molecule has 28 heavy (non-hydrogen) atoms. The van der Waals surface area contributed by atoms with Crippen LogP contribution in [0.3, 0.4) is 0 Å². The first-order valence-corrected chi connectivity index (χ1v) is 11.0. The number of likely N-dealkylation sites (tertiary alicyclic amines) is 1. The van der Waals surface area contributed by atoms with Gasteiger partial charge in [0, 0.05) is 62.4 Å². The monoisotopic (exact) mass is 413 g/mol. The van der Waals surface area contributed by atoms with Crippen molar-refractivity contribution >= 4 is 11.9 Å². The Bertz CT molecular complexity index is 720. The van der Waals surface area contributed by atoms with Gasteiger partial charge in [0.15, 0.2) is 0 Å². The molecular formula is C20H26F3N3OS. The molecule has 4 fully saturated rings. The van der Waals surface area contributed by atoms with E-state index in [-0.39, 0.29) is 5.92 Å². The van der Waals surface area contributed by atoms with Crippen LogP contribution in [0.5, 0.6) is 0 Å². The lowest BCUT2D eigenvalue weighted by Crippen LogP contribution is -2.70. The molecular weight excluding hydrogens is 387 g/mol. The van der Waals surface area contributed by atoms with E-state index in [1.165, 1.54) is 31.6 Å². The number of hydrogen-bond acceptors (Lipinski definition) is 5. The van der Waals surface area contributed by atoms with Crippen LogP contribution in [0.1, 0.15) is 42.9 Å². The highest BCUT2D eigenvalue weighted by atomic mass is 32.2. The van der Waals surface area contributed by atoms with Gasteiger partial charge >= 0.3 is 6.18 Å². The van der Waals surface area contributed by atoms with Gasteiger partial charge in [-0.05, 0) is 61.1 Å². The van der Waals surface area contributed by atoms with Gasteiger partial charge in [0.2, 0.25) is 0 Å². The molecule has 0 aromatic carbocycles. The SMILES string of the molecule is FC(F)(F)c1cc(C2CC2)c(SN2CC3(CN(CC4CCOCC4)C3)C2)cn1. The van der Waals surface area contributed by atoms with Crippen molar-refractivity contribution in [3.63, 3.8) is 0 Å². The fourth-order valence-electron chi connectivity index (χ4n) is 4.83. The van der Waals surface area contributed by atoms with Crippen molar-refractivity contribution in [3.8, 4) is 0 Å². The molecule has 3 aliphatic heterocycles. The smallest absolute Gasteiger partial charge is 0.381 e. The van der Waals surface area contributed by atoms with E-state index < -0.39 is 11.9 Å². The van der Waals surface area contributed by atoms with Crippen molar-refractivity contribution in [2.24, 2.45) is 11.3 Å². The molecule has 1 saturated carbocycles. The summed E-state index contributed by atoms with van der Waals surface area (Å²) in [6.07, 6.45) is 1.39. The Morgan fingerprint density at radius 2 is 1.82 bits per heavy atom. The van der Waals surface area contributed by atoms with Gasteiger partial charge in [-0.2, -0.15) is 13.2 Å². The van der Waals surface area contributed by atoms with Crippen molar-refractivity contribution in [2.45, 2.75) is 42.7 Å². The number of aromatic nitrogens is 1. The number of hydrogen-bond donors (Lipinski definition) is 0. The second-order valence-corrected chi connectivity index (χ2v) is 10.1. The van der Waals surface area contributed by atoms with Crippen molar-refractivity contribution in [1.29, 1.82) is 0 Å². The Morgan fingerprint density at radius 3 is 2.46 bits per heavy atom. The molecule has 0 unspecified atom stereocenters. The van der Waals surface area contributed by atoms with E-state index in [1.54, 1.807) is 11.9 Å². The summed E-state index contributed by atoms with van der Waals surface area (Å²) in [6, 6.07) is 1.27. The third-order valence-corrected chi connectivity index (χ3v) is 7.49. The Morgan fingerprint density at radius 1 is 1.11 bits per heavy atom. The Hall–Kier alpha value is -0.830. The quantitative estimate of drug-likeness (QED) is 0.680. The second kappa shape index (κ2) is 7.15. The molecule has 0 amide bonds. The molecule has 0 radical (unpaired) electrons. The van der Waals surface area contributed by atoms with Crippen molar-refractivity contribution in [3.05, 3.63) is 23.5 Å². The molecule has 0 N–H and O–H groups in total. The average molecular weight is 414 g/mol. The predicted molar refractivity (Wildman–Crippen MR) is 101 cm³/mol. The normalized spacial score (nSPS) is 26.2. The summed E-state index contributed by atoms with van der Waals surface area (Å²) in [4.78, 5) is 7.16. The number of rotatable bonds is 5. The first kappa shape index (κ1) is 19.2. The fourth-order valence-corrected chi connectivity index (χ4v) is 6.22. The number of halogens is 3. The lowest BCUT2D eigenvalue weighted by atomic mass is 9.74. The van der Waals surface area contributed by atoms with E-state index >= 15 is 0 Å². The Balaban J connectivity index is 1.14. The summed E-state index contributed by atoms with van der Waals surface area (Å²) in [5, 5.41) is 0. The molecule has 1 aliphatic carbocycles. The summed E-state index contributed by atoms with van der Waals surface area (Å²) >= 11 is 1.60. The zero-order valence-corrected chi connectivity index (χ0v) is 16.7. The molecule has 5 rings (SSSR count). The molecule has 1 aromatic heterocycles. The minimum absolute atomic E-state index is 0.278. The summed E-state index contributed by atoms with van der Waals surface area (Å²) in [7, 11) is 0. The summed E-state index contributed by atoms with van der Waals surface area (Å²) in [6.45, 7) is 7.34. The van der Waals surface area contributed by atoms with E-state index in [0.717, 1.165) is 68.6 Å². The maximum atomic E-state index is 13.0. The zero-order chi connectivity index (χ0) is 19.4. The maximum absolute atomic E-state index is 13.0. The van der Waals surface area contributed by atoms with Crippen LogP contribution in [0, 0.1) is 11.3 Å². The zero-order valence-electron chi connectivity index (χ0n) is 15.9. The highest BCUT2D eigenvalue weighted by Crippen LogP contribution is 2.49. The first-order chi connectivity index (χ1) is 13.4. The minimum atomic E-state index is -4.37. The van der Waals surface area contributed by atoms with E-state index in [9.17, 15) is 13.2 Å². The molecule has 0 bridgehead atoms. The van der Waals surface area contributed by atoms with Gasteiger partial charge in [0.1, 0.15) is 5.69 Å². The molecule has 154 valence electrons. The van der Waals surface area contributed by atoms with Crippen LogP contribution in [-0.2, 0) is 10.9 Å². The van der Waals surface area contributed by atoms with Crippen LogP contribution in [0.25, 0.3) is 0 Å². The van der Waals surface area contributed by atoms with Crippen LogP contribution in [0.2, 0.25) is 0 Å². The van der Waals surface area contributed by atoms with Crippen molar-refractivity contribution in [1.82, 2.24) is 14.2 Å². The van der Waals surface area contributed by atoms with Gasteiger partial charge in [0.05, 0.1) is 0 Å². The van der Waals surface area contributed by atoms with Crippen LogP contribution in [-0.4, -0.2) is 60.1 Å². The highest BCUT2D eigenvalue weighted by Gasteiger charge is 2.52. The highest BCUT2D eigenvalue weighted by molar-refractivity contribution is 7.97. The Kier molecular flexibility index (Phi) is 4.89. The van der Waals surface area contributed by atoms with Gasteiger partial charge in [-0.15, -0.1) is 0 Å². The topological polar surface area (TPSA) is 28.6 Å². The van der Waals surface area contributed by atoms with Crippen LogP contribution < -0.4 is 0 Å². The standard InChI is InChI=1S/C20H26F3N3OS/c21-20(22,23)18-7-16(15-1-2-15)17(8-24-18)28-26-12-19(13-26)10-25(11-19)9-14-3-5-27-6-4-14/h7-8,14-15H,1-6,9-13H2. The van der Waals surface area contributed by atoms with Crippen molar-refractivity contribution in [2.75, 3.05) is 45.9 Å². The summed E-state index contributed by atoms with van der Waals surface area (Å²) in [5.74, 6) is 1.05. The molecule has 4 aliphatic rings. The lowest BCUT2D eigenvalue weighted by molar-refractivity contribution is -0.141. The van der Waals surface area contributed by atoms with Crippen LogP contribution in [0.15, 0.2) is 17.2 Å². The predicted octanol–water partition coefficient (Wildman–Crippen LogP) is 4.03. The first-order valence-electron chi connectivity index (χ1n) is 10.2. The molecule has 4 heterocycles. The number of ether oxygens (including phenoxy) is 1. The van der Waals surface area contributed by atoms with E-state index in [2.05, 4.69) is 14.2 Å². The molecule has 3 saturated heterocycles. The number of alkyl halides is 3. The maximum Gasteiger partial charge on any atom is 0.433 e. The summed E-state index contributed by atoms with van der Waals surface area (Å²) < 4.78 is 46.7. The number of nitrogens with zero attached hydrogens (tertiary/aromatic N) is 3. The van der Waals surface area contributed by atoms with E-state index in [1.807, 2.05) is 0 Å². The van der Waals surface area contributed by atoms with Gasteiger partial charge in [-0.1, -0.05) is 0 Å². The molecule has 8 heteroatoms. The molecule has 1 aromatic rings. The van der Waals surface area contributed by atoms with E-state index in [4.69, 9.17) is 4.74 Å². The van der Waals surface area contributed by atoms with E-state index in [0.29, 0.717) is 5.41 Å². The third-order valence-electron chi connectivity index (χ3n) is 6.43. The van der Waals surface area contributed by atoms with Crippen LogP contribution >= 0.6 is 11.9 Å². The second-order valence-electron chi connectivity index (χ2n) is 8.99. The molecule has 4 nitrogen and oxygen atoms in total. The fraction of sp³-hybridized carbons (Fsp3) is 0.750. The van der Waals surface area contributed by atoms with Crippen molar-refractivity contribution < 1.29 is 17.9 Å². The average Bonchev–Trinajstić information content (AvgIpc) is 3.43. The van der Waals surface area contributed by atoms with Gasteiger partial charge in [-0.25, -0.2) is 4.31 Å². The van der Waals surface area contributed by atoms with Gasteiger partial charge in [0.25, 0.3) is 0 Å². The number of pyridine rings is 1.